The van der Waals surface area contributed by atoms with Gasteiger partial charge in [-0.2, -0.15) is 5.10 Å². The highest BCUT2D eigenvalue weighted by Gasteiger charge is 2.12. The molecule has 2 aromatic rings. The van der Waals surface area contributed by atoms with Gasteiger partial charge in [0, 0.05) is 4.90 Å². The second kappa shape index (κ2) is 6.43. The van der Waals surface area contributed by atoms with E-state index in [2.05, 4.69) is 10.5 Å². The Morgan fingerprint density at radius 2 is 2.00 bits per heavy atom. The first kappa shape index (κ1) is 14.4. The highest BCUT2D eigenvalue weighted by molar-refractivity contribution is 7.98. The number of carbonyl (C=O) groups is 1. The van der Waals surface area contributed by atoms with Crippen LogP contribution in [-0.2, 0) is 0 Å². The number of benzene rings is 1. The SMILES string of the molecule is CSc1ccc(/C=N\NC(=O)c2cc(C)oc2C)cc1. The van der Waals surface area contributed by atoms with Crippen LogP contribution in [0.15, 0.2) is 44.7 Å². The number of furan rings is 1. The van der Waals surface area contributed by atoms with Crippen LogP contribution >= 0.6 is 11.8 Å². The molecule has 0 atom stereocenters. The van der Waals surface area contributed by atoms with Crippen molar-refractivity contribution in [3.8, 4) is 0 Å². The number of amides is 1. The van der Waals surface area contributed by atoms with Crippen molar-refractivity contribution in [1.29, 1.82) is 0 Å². The van der Waals surface area contributed by atoms with Gasteiger partial charge in [-0.1, -0.05) is 12.1 Å². The summed E-state index contributed by atoms with van der Waals surface area (Å²) in [5.74, 6) is 1.04. The van der Waals surface area contributed by atoms with Gasteiger partial charge in [0.25, 0.3) is 5.91 Å². The fourth-order valence-electron chi connectivity index (χ4n) is 1.77. The third-order valence-electron chi connectivity index (χ3n) is 2.78. The number of aryl methyl sites for hydroxylation is 2. The summed E-state index contributed by atoms with van der Waals surface area (Å²) in [6.45, 7) is 3.56. The van der Waals surface area contributed by atoms with E-state index >= 15 is 0 Å². The van der Waals surface area contributed by atoms with E-state index in [0.717, 1.165) is 5.56 Å². The number of nitrogens with one attached hydrogen (secondary N) is 1. The van der Waals surface area contributed by atoms with Crippen LogP contribution in [0.1, 0.15) is 27.4 Å². The number of rotatable bonds is 4. The fraction of sp³-hybridized carbons (Fsp3) is 0.200. The molecule has 0 fully saturated rings. The molecule has 4 nitrogen and oxygen atoms in total. The van der Waals surface area contributed by atoms with E-state index in [0.29, 0.717) is 17.1 Å². The monoisotopic (exact) mass is 288 g/mol. The summed E-state index contributed by atoms with van der Waals surface area (Å²) in [4.78, 5) is 13.1. The summed E-state index contributed by atoms with van der Waals surface area (Å²) in [5.41, 5.74) is 3.94. The Balaban J connectivity index is 1.98. The van der Waals surface area contributed by atoms with Crippen LogP contribution in [0, 0.1) is 13.8 Å². The van der Waals surface area contributed by atoms with Crippen LogP contribution in [0.5, 0.6) is 0 Å². The maximum atomic E-state index is 11.9. The predicted molar refractivity (Wildman–Crippen MR) is 81.5 cm³/mol. The van der Waals surface area contributed by atoms with E-state index in [-0.39, 0.29) is 5.91 Å². The normalized spacial score (nSPS) is 10.9. The Hall–Kier alpha value is -2.01. The molecule has 104 valence electrons. The molecule has 0 aliphatic carbocycles. The van der Waals surface area contributed by atoms with Crippen molar-refractivity contribution < 1.29 is 9.21 Å². The average Bonchev–Trinajstić information content (AvgIpc) is 2.78. The fourth-order valence-corrected chi connectivity index (χ4v) is 2.18. The highest BCUT2D eigenvalue weighted by atomic mass is 32.2. The van der Waals surface area contributed by atoms with E-state index in [1.807, 2.05) is 30.5 Å². The van der Waals surface area contributed by atoms with Crippen molar-refractivity contribution in [2.45, 2.75) is 18.7 Å². The first-order chi connectivity index (χ1) is 9.60. The molecule has 0 radical (unpaired) electrons. The quantitative estimate of drug-likeness (QED) is 0.533. The number of hydrogen-bond donors (Lipinski definition) is 1. The molecule has 1 amide bonds. The predicted octanol–water partition coefficient (Wildman–Crippen LogP) is 3.38. The third-order valence-corrected chi connectivity index (χ3v) is 3.52. The van der Waals surface area contributed by atoms with Gasteiger partial charge in [0.05, 0.1) is 11.8 Å². The lowest BCUT2D eigenvalue weighted by atomic mass is 10.2. The van der Waals surface area contributed by atoms with E-state index in [1.165, 1.54) is 4.90 Å². The van der Waals surface area contributed by atoms with Crippen LogP contribution < -0.4 is 5.43 Å². The summed E-state index contributed by atoms with van der Waals surface area (Å²) < 4.78 is 5.31. The standard InChI is InChI=1S/C15H16N2O2S/c1-10-8-14(11(2)19-10)15(18)17-16-9-12-4-6-13(20-3)7-5-12/h4-9H,1-3H3,(H,17,18)/b16-9-. The molecule has 1 N–H and O–H groups in total. The van der Waals surface area contributed by atoms with E-state index in [1.54, 1.807) is 37.9 Å². The molecule has 5 heteroatoms. The van der Waals surface area contributed by atoms with Gasteiger partial charge in [-0.15, -0.1) is 11.8 Å². The van der Waals surface area contributed by atoms with Crippen LogP contribution in [0.25, 0.3) is 0 Å². The van der Waals surface area contributed by atoms with Gasteiger partial charge in [-0.25, -0.2) is 5.43 Å². The Bertz CT molecular complexity index is 630. The zero-order valence-corrected chi connectivity index (χ0v) is 12.5. The van der Waals surface area contributed by atoms with Gasteiger partial charge in [0.1, 0.15) is 11.5 Å². The highest BCUT2D eigenvalue weighted by Crippen LogP contribution is 2.14. The maximum absolute atomic E-state index is 11.9. The summed E-state index contributed by atoms with van der Waals surface area (Å²) in [7, 11) is 0. The lowest BCUT2D eigenvalue weighted by Gasteiger charge is -1.98. The summed E-state index contributed by atoms with van der Waals surface area (Å²) in [6.07, 6.45) is 3.64. The lowest BCUT2D eigenvalue weighted by Crippen LogP contribution is -2.17. The molecule has 1 aromatic heterocycles. The van der Waals surface area contributed by atoms with Crippen LogP contribution in [0.4, 0.5) is 0 Å². The van der Waals surface area contributed by atoms with E-state index in [4.69, 9.17) is 4.42 Å². The van der Waals surface area contributed by atoms with Crippen LogP contribution in [-0.4, -0.2) is 18.4 Å². The van der Waals surface area contributed by atoms with Crippen molar-refractivity contribution in [2.75, 3.05) is 6.26 Å². The molecule has 0 bridgehead atoms. The van der Waals surface area contributed by atoms with E-state index in [9.17, 15) is 4.79 Å². The molecule has 2 rings (SSSR count). The Labute approximate surface area is 122 Å². The zero-order valence-electron chi connectivity index (χ0n) is 11.6. The van der Waals surface area contributed by atoms with Gasteiger partial charge in [-0.3, -0.25) is 4.79 Å². The molecular formula is C15H16N2O2S. The molecule has 0 aliphatic rings. The summed E-state index contributed by atoms with van der Waals surface area (Å²) in [5, 5.41) is 3.95. The van der Waals surface area contributed by atoms with Gasteiger partial charge < -0.3 is 4.42 Å². The topological polar surface area (TPSA) is 54.6 Å². The minimum absolute atomic E-state index is 0.267. The molecule has 20 heavy (non-hydrogen) atoms. The summed E-state index contributed by atoms with van der Waals surface area (Å²) in [6, 6.07) is 9.63. The van der Waals surface area contributed by atoms with Crippen LogP contribution in [0.2, 0.25) is 0 Å². The summed E-state index contributed by atoms with van der Waals surface area (Å²) >= 11 is 1.68. The van der Waals surface area contributed by atoms with Crippen molar-refractivity contribution >= 4 is 23.9 Å². The molecule has 0 unspecified atom stereocenters. The second-order valence-electron chi connectivity index (χ2n) is 4.30. The number of thioether (sulfide) groups is 1. The molecule has 0 spiro atoms. The van der Waals surface area contributed by atoms with Gasteiger partial charge in [0.2, 0.25) is 0 Å². The first-order valence-corrected chi connectivity index (χ1v) is 7.37. The molecule has 0 saturated heterocycles. The number of nitrogens with zero attached hydrogens (tertiary/aromatic N) is 1. The maximum Gasteiger partial charge on any atom is 0.274 e. The number of hydrogen-bond acceptors (Lipinski definition) is 4. The average molecular weight is 288 g/mol. The molecule has 0 saturated carbocycles. The Kier molecular flexibility index (Phi) is 4.63. The van der Waals surface area contributed by atoms with Crippen molar-refractivity contribution in [2.24, 2.45) is 5.10 Å². The molecular weight excluding hydrogens is 272 g/mol. The zero-order chi connectivity index (χ0) is 14.5. The van der Waals surface area contributed by atoms with Crippen LogP contribution in [0.3, 0.4) is 0 Å². The lowest BCUT2D eigenvalue weighted by molar-refractivity contribution is 0.0953. The van der Waals surface area contributed by atoms with Gasteiger partial charge >= 0.3 is 0 Å². The van der Waals surface area contributed by atoms with Crippen molar-refractivity contribution in [1.82, 2.24) is 5.43 Å². The van der Waals surface area contributed by atoms with E-state index < -0.39 is 0 Å². The number of hydrazone groups is 1. The van der Waals surface area contributed by atoms with Gasteiger partial charge in [0.15, 0.2) is 0 Å². The van der Waals surface area contributed by atoms with Crippen molar-refractivity contribution in [3.05, 3.63) is 53.0 Å². The van der Waals surface area contributed by atoms with Crippen molar-refractivity contribution in [3.63, 3.8) is 0 Å². The largest absolute Gasteiger partial charge is 0.466 e. The Morgan fingerprint density at radius 1 is 1.30 bits per heavy atom. The minimum atomic E-state index is -0.267. The van der Waals surface area contributed by atoms with Gasteiger partial charge in [-0.05, 0) is 43.9 Å². The number of carbonyl (C=O) groups excluding carboxylic acids is 1. The Morgan fingerprint density at radius 3 is 2.55 bits per heavy atom. The first-order valence-electron chi connectivity index (χ1n) is 6.14. The third kappa shape index (κ3) is 3.51. The molecule has 1 heterocycles. The smallest absolute Gasteiger partial charge is 0.274 e. The molecule has 1 aromatic carbocycles. The minimum Gasteiger partial charge on any atom is -0.466 e. The second-order valence-corrected chi connectivity index (χ2v) is 5.18. The molecule has 0 aliphatic heterocycles.